The molecule has 7 heteroatoms. The van der Waals surface area contributed by atoms with Crippen LogP contribution in [0.3, 0.4) is 0 Å². The lowest BCUT2D eigenvalue weighted by molar-refractivity contribution is 0.355. The molecule has 0 atom stereocenters. The number of aromatic nitrogens is 2. The molecule has 4 aromatic rings. The van der Waals surface area contributed by atoms with E-state index in [-0.39, 0.29) is 0 Å². The number of benzene rings is 1. The highest BCUT2D eigenvalue weighted by atomic mass is 16.5. The van der Waals surface area contributed by atoms with E-state index < -0.39 is 0 Å². The van der Waals surface area contributed by atoms with Crippen molar-refractivity contribution in [1.82, 2.24) is 9.38 Å². The fourth-order valence-electron chi connectivity index (χ4n) is 2.65. The summed E-state index contributed by atoms with van der Waals surface area (Å²) in [5, 5.41) is 8.76. The number of methoxy groups -OCH3 is 2. The number of pyridine rings is 1. The Kier molecular flexibility index (Phi) is 4.10. The zero-order chi connectivity index (χ0) is 17.9. The third kappa shape index (κ3) is 2.79. The van der Waals surface area contributed by atoms with E-state index in [1.165, 1.54) is 0 Å². The second-order valence-corrected chi connectivity index (χ2v) is 5.43. The highest BCUT2D eigenvalue weighted by molar-refractivity contribution is 5.71. The van der Waals surface area contributed by atoms with E-state index in [0.717, 1.165) is 5.65 Å². The monoisotopic (exact) mass is 348 g/mol. The van der Waals surface area contributed by atoms with Crippen LogP contribution in [0.1, 0.15) is 0 Å². The van der Waals surface area contributed by atoms with Crippen molar-refractivity contribution >= 4 is 17.2 Å². The Morgan fingerprint density at radius 3 is 2.62 bits per heavy atom. The van der Waals surface area contributed by atoms with E-state index in [1.807, 2.05) is 40.9 Å². The Balaban J connectivity index is 1.79. The number of fused-ring (bicyclic) bond motifs is 1. The van der Waals surface area contributed by atoms with Crippen LogP contribution in [0, 0.1) is 0 Å². The summed E-state index contributed by atoms with van der Waals surface area (Å²) in [7, 11) is 3.17. The summed E-state index contributed by atoms with van der Waals surface area (Å²) in [5.41, 5.74) is 2.03. The Bertz CT molecular complexity index is 1070. The lowest BCUT2D eigenvalue weighted by Crippen LogP contribution is -1.89. The Morgan fingerprint density at radius 1 is 0.962 bits per heavy atom. The van der Waals surface area contributed by atoms with Crippen molar-refractivity contribution in [2.45, 2.75) is 0 Å². The smallest absolute Gasteiger partial charge is 0.190 e. The van der Waals surface area contributed by atoms with Gasteiger partial charge in [-0.25, -0.2) is 4.98 Å². The topological polar surface area (TPSA) is 73.6 Å². The number of nitrogens with zero attached hydrogens (tertiary/aromatic N) is 4. The largest absolute Gasteiger partial charge is 0.493 e. The van der Waals surface area contributed by atoms with Crippen molar-refractivity contribution in [2.75, 3.05) is 14.2 Å². The third-order valence-electron chi connectivity index (χ3n) is 3.89. The van der Waals surface area contributed by atoms with Gasteiger partial charge in [-0.15, -0.1) is 10.2 Å². The first-order valence-electron chi connectivity index (χ1n) is 7.95. The van der Waals surface area contributed by atoms with Gasteiger partial charge in [0, 0.05) is 12.3 Å². The second kappa shape index (κ2) is 6.72. The molecule has 0 radical (unpaired) electrons. The molecule has 130 valence electrons. The fraction of sp³-hybridized carbons (Fsp3) is 0.105. The summed E-state index contributed by atoms with van der Waals surface area (Å²) >= 11 is 0. The molecule has 0 saturated heterocycles. The van der Waals surface area contributed by atoms with Crippen molar-refractivity contribution in [1.29, 1.82) is 0 Å². The van der Waals surface area contributed by atoms with Gasteiger partial charge in [0.1, 0.15) is 5.65 Å². The van der Waals surface area contributed by atoms with Gasteiger partial charge in [-0.05, 0) is 36.4 Å². The van der Waals surface area contributed by atoms with E-state index >= 15 is 0 Å². The van der Waals surface area contributed by atoms with Crippen LogP contribution in [0.4, 0.5) is 11.5 Å². The van der Waals surface area contributed by atoms with Gasteiger partial charge < -0.3 is 13.9 Å². The minimum Gasteiger partial charge on any atom is -0.493 e. The van der Waals surface area contributed by atoms with Gasteiger partial charge in [0.25, 0.3) is 0 Å². The predicted molar refractivity (Wildman–Crippen MR) is 96.6 cm³/mol. The molecule has 0 aliphatic heterocycles. The van der Waals surface area contributed by atoms with Gasteiger partial charge >= 0.3 is 0 Å². The molecule has 0 saturated carbocycles. The average molecular weight is 348 g/mol. The molecule has 3 heterocycles. The minimum atomic E-state index is 0.588. The first-order valence-corrected chi connectivity index (χ1v) is 7.95. The molecule has 0 bridgehead atoms. The molecule has 7 nitrogen and oxygen atoms in total. The molecule has 0 spiro atoms. The number of rotatable bonds is 5. The molecule has 0 unspecified atom stereocenters. The zero-order valence-electron chi connectivity index (χ0n) is 14.3. The van der Waals surface area contributed by atoms with Crippen LogP contribution in [-0.4, -0.2) is 23.6 Å². The van der Waals surface area contributed by atoms with E-state index in [0.29, 0.717) is 34.5 Å². The molecule has 26 heavy (non-hydrogen) atoms. The van der Waals surface area contributed by atoms with Crippen LogP contribution in [0.5, 0.6) is 11.5 Å². The summed E-state index contributed by atoms with van der Waals surface area (Å²) in [6.45, 7) is 0. The number of ether oxygens (including phenoxy) is 2. The van der Waals surface area contributed by atoms with Crippen LogP contribution >= 0.6 is 0 Å². The van der Waals surface area contributed by atoms with Crippen LogP contribution in [0.25, 0.3) is 17.1 Å². The molecule has 0 aliphatic carbocycles. The van der Waals surface area contributed by atoms with Crippen molar-refractivity contribution in [2.24, 2.45) is 10.2 Å². The standard InChI is InChI=1S/C19H16N4O3/c1-24-14-9-8-13(12-16(14)25-2)21-22-19-18(15-6-5-11-26-15)20-17-7-3-4-10-23(17)19/h3-12H,1-2H3. The van der Waals surface area contributed by atoms with Gasteiger partial charge in [-0.3, -0.25) is 4.40 Å². The third-order valence-corrected chi connectivity index (χ3v) is 3.89. The first kappa shape index (κ1) is 15.9. The van der Waals surface area contributed by atoms with Crippen LogP contribution < -0.4 is 9.47 Å². The van der Waals surface area contributed by atoms with E-state index in [4.69, 9.17) is 13.9 Å². The highest BCUT2D eigenvalue weighted by Gasteiger charge is 2.16. The first-order chi connectivity index (χ1) is 12.8. The molecule has 0 fully saturated rings. The van der Waals surface area contributed by atoms with E-state index in [1.54, 1.807) is 38.7 Å². The Labute approximate surface area is 149 Å². The summed E-state index contributed by atoms with van der Waals surface area (Å²) in [5.74, 6) is 2.45. The van der Waals surface area contributed by atoms with Crippen molar-refractivity contribution in [3.05, 3.63) is 61.0 Å². The summed E-state index contributed by atoms with van der Waals surface area (Å²) < 4.78 is 17.9. The Hall–Kier alpha value is -3.61. The molecular formula is C19H16N4O3. The fourth-order valence-corrected chi connectivity index (χ4v) is 2.65. The van der Waals surface area contributed by atoms with Crippen molar-refractivity contribution < 1.29 is 13.9 Å². The zero-order valence-corrected chi connectivity index (χ0v) is 14.3. The molecule has 1 aromatic carbocycles. The SMILES string of the molecule is COc1ccc(N=Nc2c(-c3ccco3)nc3ccccn23)cc1OC. The summed E-state index contributed by atoms with van der Waals surface area (Å²) in [6.07, 6.45) is 3.49. The number of imidazole rings is 1. The number of furan rings is 1. The molecule has 0 N–H and O–H groups in total. The number of azo groups is 1. The van der Waals surface area contributed by atoms with Crippen molar-refractivity contribution in [3.8, 4) is 23.0 Å². The van der Waals surface area contributed by atoms with Gasteiger partial charge in [0.05, 0.1) is 26.2 Å². The van der Waals surface area contributed by atoms with Crippen LogP contribution in [0.15, 0.2) is 75.6 Å². The average Bonchev–Trinajstić information content (AvgIpc) is 3.33. The molecule has 3 aromatic heterocycles. The maximum absolute atomic E-state index is 5.49. The summed E-state index contributed by atoms with van der Waals surface area (Å²) in [4.78, 5) is 4.60. The molecule has 0 amide bonds. The van der Waals surface area contributed by atoms with Gasteiger partial charge in [0.2, 0.25) is 0 Å². The maximum Gasteiger partial charge on any atom is 0.190 e. The quantitative estimate of drug-likeness (QED) is 0.474. The number of hydrogen-bond acceptors (Lipinski definition) is 6. The van der Waals surface area contributed by atoms with E-state index in [2.05, 4.69) is 15.2 Å². The summed E-state index contributed by atoms with van der Waals surface area (Å²) in [6, 6.07) is 14.8. The lowest BCUT2D eigenvalue weighted by Gasteiger charge is -2.06. The normalized spacial score (nSPS) is 11.3. The van der Waals surface area contributed by atoms with Crippen LogP contribution in [-0.2, 0) is 0 Å². The number of hydrogen-bond donors (Lipinski definition) is 0. The molecule has 4 rings (SSSR count). The van der Waals surface area contributed by atoms with Gasteiger partial charge in [-0.2, -0.15) is 0 Å². The second-order valence-electron chi connectivity index (χ2n) is 5.43. The van der Waals surface area contributed by atoms with Gasteiger partial charge in [0.15, 0.2) is 28.8 Å². The molecule has 0 aliphatic rings. The van der Waals surface area contributed by atoms with Gasteiger partial charge in [-0.1, -0.05) is 6.07 Å². The maximum atomic E-state index is 5.49. The lowest BCUT2D eigenvalue weighted by atomic mass is 10.3. The highest BCUT2D eigenvalue weighted by Crippen LogP contribution is 2.34. The van der Waals surface area contributed by atoms with E-state index in [9.17, 15) is 0 Å². The predicted octanol–water partition coefficient (Wildman–Crippen LogP) is 5.03. The molecular weight excluding hydrogens is 332 g/mol. The Morgan fingerprint density at radius 2 is 1.85 bits per heavy atom. The van der Waals surface area contributed by atoms with Crippen LogP contribution in [0.2, 0.25) is 0 Å². The minimum absolute atomic E-state index is 0.588. The van der Waals surface area contributed by atoms with Crippen molar-refractivity contribution in [3.63, 3.8) is 0 Å².